The van der Waals surface area contributed by atoms with E-state index in [9.17, 15) is 19.2 Å². The molecule has 3 amide bonds. The van der Waals surface area contributed by atoms with Crippen LogP contribution in [0, 0.1) is 6.92 Å². The monoisotopic (exact) mass is 507 g/mol. The van der Waals surface area contributed by atoms with Gasteiger partial charge in [-0.25, -0.2) is 4.90 Å². The Morgan fingerprint density at radius 2 is 1.54 bits per heavy atom. The van der Waals surface area contributed by atoms with Gasteiger partial charge in [0.05, 0.1) is 5.69 Å². The Morgan fingerprint density at radius 3 is 2.20 bits per heavy atom. The molecule has 0 spiro atoms. The first-order chi connectivity index (χ1) is 16.7. The average molecular weight is 508 g/mol. The second kappa shape index (κ2) is 9.74. The molecule has 35 heavy (non-hydrogen) atoms. The highest BCUT2D eigenvalue weighted by atomic mass is 35.5. The standard InChI is InChI=1S/C26H19Cl2N3O4/c1-14-6-11-20(13-21(14)27)31-25(34)22(28)23(26(31)35)29-19-5-3-4-17(12-19)24(33)30-18-9-7-16(8-10-18)15(2)32/h3-13,29H,1-2H3,(H,30,33). The summed E-state index contributed by atoms with van der Waals surface area (Å²) in [5.41, 5.74) is 2.76. The molecular weight excluding hydrogens is 489 g/mol. The van der Waals surface area contributed by atoms with Crippen LogP contribution in [-0.4, -0.2) is 23.5 Å². The number of ketones is 1. The first-order valence-corrected chi connectivity index (χ1v) is 11.3. The number of Topliss-reactive ketones (excluding diaryl/α,β-unsaturated/α-hetero) is 1. The van der Waals surface area contributed by atoms with Gasteiger partial charge in [-0.2, -0.15) is 0 Å². The molecule has 1 aliphatic rings. The zero-order valence-corrected chi connectivity index (χ0v) is 20.2. The Labute approximate surface area is 211 Å². The van der Waals surface area contributed by atoms with E-state index in [-0.39, 0.29) is 16.5 Å². The molecule has 3 aromatic rings. The van der Waals surface area contributed by atoms with E-state index in [0.29, 0.717) is 33.2 Å². The lowest BCUT2D eigenvalue weighted by Gasteiger charge is -2.16. The maximum Gasteiger partial charge on any atom is 0.283 e. The Morgan fingerprint density at radius 1 is 0.829 bits per heavy atom. The van der Waals surface area contributed by atoms with Crippen LogP contribution in [-0.2, 0) is 9.59 Å². The molecule has 1 heterocycles. The van der Waals surface area contributed by atoms with Gasteiger partial charge in [-0.05, 0) is 74.0 Å². The molecule has 9 heteroatoms. The molecule has 3 aromatic carbocycles. The molecule has 0 fully saturated rings. The van der Waals surface area contributed by atoms with Crippen molar-refractivity contribution in [2.24, 2.45) is 0 Å². The zero-order valence-electron chi connectivity index (χ0n) is 18.7. The Bertz CT molecular complexity index is 1410. The van der Waals surface area contributed by atoms with E-state index in [2.05, 4.69) is 10.6 Å². The summed E-state index contributed by atoms with van der Waals surface area (Å²) in [6.45, 7) is 3.27. The molecule has 1 aliphatic heterocycles. The summed E-state index contributed by atoms with van der Waals surface area (Å²) >= 11 is 12.4. The molecule has 0 bridgehead atoms. The van der Waals surface area contributed by atoms with Gasteiger partial charge >= 0.3 is 0 Å². The minimum absolute atomic E-state index is 0.0707. The van der Waals surface area contributed by atoms with Gasteiger partial charge in [-0.3, -0.25) is 19.2 Å². The van der Waals surface area contributed by atoms with Crippen LogP contribution in [0.3, 0.4) is 0 Å². The van der Waals surface area contributed by atoms with Gasteiger partial charge in [-0.15, -0.1) is 0 Å². The van der Waals surface area contributed by atoms with Crippen LogP contribution >= 0.6 is 23.2 Å². The Kier molecular flexibility index (Phi) is 6.73. The molecular formula is C26H19Cl2N3O4. The van der Waals surface area contributed by atoms with Crippen molar-refractivity contribution in [3.8, 4) is 0 Å². The lowest BCUT2D eigenvalue weighted by Crippen LogP contribution is -2.32. The number of halogens is 2. The number of aryl methyl sites for hydroxylation is 1. The molecule has 0 saturated carbocycles. The van der Waals surface area contributed by atoms with E-state index in [1.54, 1.807) is 54.6 Å². The topological polar surface area (TPSA) is 95.6 Å². The predicted octanol–water partition coefficient (Wildman–Crippen LogP) is 5.54. The molecule has 0 unspecified atom stereocenters. The molecule has 4 rings (SSSR count). The highest BCUT2D eigenvalue weighted by Gasteiger charge is 2.39. The maximum atomic E-state index is 13.0. The summed E-state index contributed by atoms with van der Waals surface area (Å²) in [5.74, 6) is -1.78. The number of imide groups is 1. The number of nitrogens with zero attached hydrogens (tertiary/aromatic N) is 1. The van der Waals surface area contributed by atoms with Gasteiger partial charge < -0.3 is 10.6 Å². The predicted molar refractivity (Wildman–Crippen MR) is 136 cm³/mol. The highest BCUT2D eigenvalue weighted by Crippen LogP contribution is 2.32. The number of hydrogen-bond donors (Lipinski definition) is 2. The van der Waals surface area contributed by atoms with Crippen LogP contribution in [0.4, 0.5) is 17.1 Å². The van der Waals surface area contributed by atoms with E-state index in [1.165, 1.54) is 19.1 Å². The first-order valence-electron chi connectivity index (χ1n) is 10.5. The summed E-state index contributed by atoms with van der Waals surface area (Å²) < 4.78 is 0. The van der Waals surface area contributed by atoms with Gasteiger partial charge in [0, 0.05) is 27.5 Å². The Hall–Kier alpha value is -3.94. The number of hydrogen-bond acceptors (Lipinski definition) is 5. The van der Waals surface area contributed by atoms with Gasteiger partial charge in [0.15, 0.2) is 5.78 Å². The fourth-order valence-electron chi connectivity index (χ4n) is 3.44. The quantitative estimate of drug-likeness (QED) is 0.337. The second-order valence-electron chi connectivity index (χ2n) is 7.86. The fraction of sp³-hybridized carbons (Fsp3) is 0.0769. The van der Waals surface area contributed by atoms with E-state index in [1.807, 2.05) is 6.92 Å². The third-order valence-electron chi connectivity index (χ3n) is 5.38. The SMILES string of the molecule is CC(=O)c1ccc(NC(=O)c2cccc(NC3=C(Cl)C(=O)N(c4ccc(C)c(Cl)c4)C3=O)c2)cc1. The third kappa shape index (κ3) is 4.96. The van der Waals surface area contributed by atoms with Crippen LogP contribution in [0.25, 0.3) is 0 Å². The molecule has 0 saturated heterocycles. The van der Waals surface area contributed by atoms with Crippen LogP contribution in [0.1, 0.15) is 33.2 Å². The molecule has 7 nitrogen and oxygen atoms in total. The number of carbonyl (C=O) groups excluding carboxylic acids is 4. The van der Waals surface area contributed by atoms with Crippen molar-refractivity contribution in [2.45, 2.75) is 13.8 Å². The molecule has 2 N–H and O–H groups in total. The number of amides is 3. The zero-order chi connectivity index (χ0) is 25.3. The highest BCUT2D eigenvalue weighted by molar-refractivity contribution is 6.53. The minimum atomic E-state index is -0.679. The molecule has 0 aromatic heterocycles. The van der Waals surface area contributed by atoms with Crippen molar-refractivity contribution in [2.75, 3.05) is 15.5 Å². The van der Waals surface area contributed by atoms with Gasteiger partial charge in [0.25, 0.3) is 17.7 Å². The van der Waals surface area contributed by atoms with E-state index < -0.39 is 17.7 Å². The summed E-state index contributed by atoms with van der Waals surface area (Å²) in [6, 6.07) is 17.7. The molecule has 0 radical (unpaired) electrons. The van der Waals surface area contributed by atoms with E-state index in [4.69, 9.17) is 23.2 Å². The van der Waals surface area contributed by atoms with Crippen molar-refractivity contribution in [1.82, 2.24) is 0 Å². The number of nitrogens with one attached hydrogen (secondary N) is 2. The van der Waals surface area contributed by atoms with Crippen molar-refractivity contribution in [1.29, 1.82) is 0 Å². The summed E-state index contributed by atoms with van der Waals surface area (Å²) in [5, 5.41) is 5.75. The van der Waals surface area contributed by atoms with Crippen LogP contribution in [0.15, 0.2) is 77.5 Å². The average Bonchev–Trinajstić information content (AvgIpc) is 3.04. The number of anilines is 3. The normalized spacial score (nSPS) is 13.3. The maximum absolute atomic E-state index is 13.0. The van der Waals surface area contributed by atoms with E-state index >= 15 is 0 Å². The summed E-state index contributed by atoms with van der Waals surface area (Å²) in [4.78, 5) is 50.8. The lowest BCUT2D eigenvalue weighted by atomic mass is 10.1. The molecule has 0 aliphatic carbocycles. The van der Waals surface area contributed by atoms with Crippen LogP contribution in [0.5, 0.6) is 0 Å². The van der Waals surface area contributed by atoms with Gasteiger partial charge in [0.2, 0.25) is 0 Å². The number of benzene rings is 3. The van der Waals surface area contributed by atoms with Gasteiger partial charge in [-0.1, -0.05) is 35.3 Å². The van der Waals surface area contributed by atoms with Crippen molar-refractivity contribution in [3.05, 3.63) is 99.2 Å². The first kappa shape index (κ1) is 24.2. The molecule has 0 atom stereocenters. The lowest BCUT2D eigenvalue weighted by molar-refractivity contribution is -0.120. The minimum Gasteiger partial charge on any atom is -0.350 e. The van der Waals surface area contributed by atoms with E-state index in [0.717, 1.165) is 10.5 Å². The number of carbonyl (C=O) groups is 4. The van der Waals surface area contributed by atoms with Crippen molar-refractivity contribution < 1.29 is 19.2 Å². The third-order valence-corrected chi connectivity index (χ3v) is 6.14. The smallest absolute Gasteiger partial charge is 0.283 e. The van der Waals surface area contributed by atoms with Crippen molar-refractivity contribution >= 4 is 63.8 Å². The molecule has 176 valence electrons. The van der Waals surface area contributed by atoms with Crippen LogP contribution in [0.2, 0.25) is 5.02 Å². The summed E-state index contributed by atoms with van der Waals surface area (Å²) in [6.07, 6.45) is 0. The van der Waals surface area contributed by atoms with Crippen molar-refractivity contribution in [3.63, 3.8) is 0 Å². The summed E-state index contributed by atoms with van der Waals surface area (Å²) in [7, 11) is 0. The Balaban J connectivity index is 1.52. The largest absolute Gasteiger partial charge is 0.350 e. The van der Waals surface area contributed by atoms with Crippen LogP contribution < -0.4 is 15.5 Å². The van der Waals surface area contributed by atoms with Gasteiger partial charge in [0.1, 0.15) is 10.7 Å². The number of rotatable bonds is 6. The fourth-order valence-corrected chi connectivity index (χ4v) is 3.83. The second-order valence-corrected chi connectivity index (χ2v) is 8.65.